The van der Waals surface area contributed by atoms with Crippen molar-refractivity contribution in [3.8, 4) is 11.5 Å². The topological polar surface area (TPSA) is 75.2 Å². The molecule has 0 saturated carbocycles. The predicted octanol–water partition coefficient (Wildman–Crippen LogP) is 2.65. The van der Waals surface area contributed by atoms with Gasteiger partial charge in [0.15, 0.2) is 17.5 Å². The Morgan fingerprint density at radius 3 is 2.63 bits per heavy atom. The van der Waals surface area contributed by atoms with Crippen LogP contribution in [-0.2, 0) is 11.2 Å². The predicted molar refractivity (Wildman–Crippen MR) is 112 cm³/mol. The highest BCUT2D eigenvalue weighted by molar-refractivity contribution is 5.80. The standard InChI is InChI=1S/C21H32F2N4O3/c1-4-25-21(27-11-8-16(9-12-27)14-19(28)24-2)26-10-7-15-5-6-17(29-3)18(13-15)30-20(22)23/h5-6,13,16,20H,4,7-12,14H2,1-3H3,(H,24,28)(H,25,26). The normalized spacial score (nSPS) is 15.3. The van der Waals surface area contributed by atoms with E-state index in [1.807, 2.05) is 13.0 Å². The third-order valence-corrected chi connectivity index (χ3v) is 5.11. The number of alkyl halides is 2. The molecule has 1 amide bonds. The number of rotatable bonds is 9. The van der Waals surface area contributed by atoms with Gasteiger partial charge in [0.05, 0.1) is 7.11 Å². The molecule has 2 N–H and O–H groups in total. The summed E-state index contributed by atoms with van der Waals surface area (Å²) in [6.07, 6.45) is 3.05. The van der Waals surface area contributed by atoms with Crippen LogP contribution in [0.15, 0.2) is 23.2 Å². The molecule has 2 rings (SSSR count). The van der Waals surface area contributed by atoms with Crippen molar-refractivity contribution in [1.29, 1.82) is 0 Å². The molecule has 1 heterocycles. The minimum Gasteiger partial charge on any atom is -0.493 e. The molecule has 0 atom stereocenters. The van der Waals surface area contributed by atoms with Gasteiger partial charge in [-0.15, -0.1) is 0 Å². The Morgan fingerprint density at radius 2 is 2.03 bits per heavy atom. The van der Waals surface area contributed by atoms with Gasteiger partial charge in [-0.05, 0) is 49.8 Å². The molecule has 0 aliphatic carbocycles. The van der Waals surface area contributed by atoms with Gasteiger partial charge in [0.2, 0.25) is 5.91 Å². The second kappa shape index (κ2) is 12.2. The average Bonchev–Trinajstić information content (AvgIpc) is 2.73. The van der Waals surface area contributed by atoms with Gasteiger partial charge >= 0.3 is 6.61 Å². The number of hydrogen-bond donors (Lipinski definition) is 2. The van der Waals surface area contributed by atoms with E-state index < -0.39 is 6.61 Å². The van der Waals surface area contributed by atoms with Crippen molar-refractivity contribution in [2.75, 3.05) is 40.3 Å². The number of amides is 1. The molecule has 1 aliphatic heterocycles. The SMILES string of the molecule is CCNC(=NCCc1ccc(OC)c(OC(F)F)c1)N1CCC(CC(=O)NC)CC1. The highest BCUT2D eigenvalue weighted by atomic mass is 19.3. The molecule has 0 spiro atoms. The molecule has 30 heavy (non-hydrogen) atoms. The van der Waals surface area contributed by atoms with E-state index in [-0.39, 0.29) is 17.4 Å². The lowest BCUT2D eigenvalue weighted by Crippen LogP contribution is -2.46. The molecule has 1 saturated heterocycles. The Bertz CT molecular complexity index is 707. The van der Waals surface area contributed by atoms with Crippen molar-refractivity contribution in [2.24, 2.45) is 10.9 Å². The smallest absolute Gasteiger partial charge is 0.387 e. The number of nitrogens with one attached hydrogen (secondary N) is 2. The zero-order valence-electron chi connectivity index (χ0n) is 17.9. The highest BCUT2D eigenvalue weighted by Crippen LogP contribution is 2.29. The maximum atomic E-state index is 12.6. The summed E-state index contributed by atoms with van der Waals surface area (Å²) in [4.78, 5) is 18.5. The molecule has 7 nitrogen and oxygen atoms in total. The number of carbonyl (C=O) groups is 1. The van der Waals surface area contributed by atoms with Crippen molar-refractivity contribution in [1.82, 2.24) is 15.5 Å². The minimum atomic E-state index is -2.90. The summed E-state index contributed by atoms with van der Waals surface area (Å²) in [6, 6.07) is 5.01. The van der Waals surface area contributed by atoms with E-state index in [1.54, 1.807) is 19.2 Å². The Balaban J connectivity index is 1.94. The maximum absolute atomic E-state index is 12.6. The number of guanidine groups is 1. The van der Waals surface area contributed by atoms with Crippen LogP contribution in [0.25, 0.3) is 0 Å². The first-order valence-electron chi connectivity index (χ1n) is 10.3. The summed E-state index contributed by atoms with van der Waals surface area (Å²) < 4.78 is 34.8. The first-order valence-corrected chi connectivity index (χ1v) is 10.3. The summed E-state index contributed by atoms with van der Waals surface area (Å²) in [5, 5.41) is 6.00. The van der Waals surface area contributed by atoms with Gasteiger partial charge in [-0.2, -0.15) is 8.78 Å². The number of aliphatic imine (C=N–C) groups is 1. The van der Waals surface area contributed by atoms with E-state index in [4.69, 9.17) is 9.73 Å². The van der Waals surface area contributed by atoms with E-state index in [9.17, 15) is 13.6 Å². The van der Waals surface area contributed by atoms with Crippen LogP contribution in [0.4, 0.5) is 8.78 Å². The number of halogens is 2. The minimum absolute atomic E-state index is 0.0269. The lowest BCUT2D eigenvalue weighted by Gasteiger charge is -2.34. The first kappa shape index (κ1) is 23.7. The van der Waals surface area contributed by atoms with Crippen LogP contribution < -0.4 is 20.1 Å². The van der Waals surface area contributed by atoms with E-state index in [2.05, 4.69) is 20.3 Å². The van der Waals surface area contributed by atoms with Crippen molar-refractivity contribution in [3.63, 3.8) is 0 Å². The fourth-order valence-electron chi connectivity index (χ4n) is 3.49. The van der Waals surface area contributed by atoms with Crippen molar-refractivity contribution in [2.45, 2.75) is 39.2 Å². The highest BCUT2D eigenvalue weighted by Gasteiger charge is 2.23. The van der Waals surface area contributed by atoms with Gasteiger partial charge in [0, 0.05) is 39.6 Å². The number of methoxy groups -OCH3 is 1. The third-order valence-electron chi connectivity index (χ3n) is 5.11. The third kappa shape index (κ3) is 7.35. The molecule has 9 heteroatoms. The lowest BCUT2D eigenvalue weighted by atomic mass is 9.93. The largest absolute Gasteiger partial charge is 0.493 e. The maximum Gasteiger partial charge on any atom is 0.387 e. The fourth-order valence-corrected chi connectivity index (χ4v) is 3.49. The van der Waals surface area contributed by atoms with E-state index in [1.165, 1.54) is 7.11 Å². The summed E-state index contributed by atoms with van der Waals surface area (Å²) >= 11 is 0. The molecule has 0 aromatic heterocycles. The van der Waals surface area contributed by atoms with Crippen molar-refractivity contribution in [3.05, 3.63) is 23.8 Å². The van der Waals surface area contributed by atoms with Gasteiger partial charge in [-0.3, -0.25) is 9.79 Å². The summed E-state index contributed by atoms with van der Waals surface area (Å²) in [6.45, 7) is 2.09. The number of ether oxygens (including phenoxy) is 2. The second-order valence-electron chi connectivity index (χ2n) is 7.16. The molecular formula is C21H32F2N4O3. The Labute approximate surface area is 176 Å². The number of hydrogen-bond acceptors (Lipinski definition) is 4. The van der Waals surface area contributed by atoms with E-state index in [0.717, 1.165) is 44.0 Å². The van der Waals surface area contributed by atoms with Crippen molar-refractivity contribution >= 4 is 11.9 Å². The quantitative estimate of drug-likeness (QED) is 0.469. The van der Waals surface area contributed by atoms with Crippen LogP contribution >= 0.6 is 0 Å². The number of nitrogens with zero attached hydrogens (tertiary/aromatic N) is 2. The van der Waals surface area contributed by atoms with Gasteiger partial charge in [0.25, 0.3) is 0 Å². The average molecular weight is 427 g/mol. The van der Waals surface area contributed by atoms with Crippen LogP contribution in [0, 0.1) is 5.92 Å². The lowest BCUT2D eigenvalue weighted by molar-refractivity contribution is -0.121. The number of piperidine rings is 1. The van der Waals surface area contributed by atoms with E-state index in [0.29, 0.717) is 25.3 Å². The molecule has 1 aromatic rings. The van der Waals surface area contributed by atoms with Gasteiger partial charge < -0.3 is 25.0 Å². The van der Waals surface area contributed by atoms with Crippen molar-refractivity contribution < 1.29 is 23.0 Å². The molecule has 1 fully saturated rings. The van der Waals surface area contributed by atoms with Crippen LogP contribution in [0.3, 0.4) is 0 Å². The summed E-state index contributed by atoms with van der Waals surface area (Å²) in [7, 11) is 3.08. The summed E-state index contributed by atoms with van der Waals surface area (Å²) in [5.74, 6) is 1.63. The monoisotopic (exact) mass is 426 g/mol. The zero-order chi connectivity index (χ0) is 21.9. The first-order chi connectivity index (χ1) is 14.5. The second-order valence-corrected chi connectivity index (χ2v) is 7.16. The van der Waals surface area contributed by atoms with Gasteiger partial charge in [0.1, 0.15) is 0 Å². The molecule has 1 aromatic carbocycles. The molecule has 0 unspecified atom stereocenters. The van der Waals surface area contributed by atoms with Crippen LogP contribution in [-0.4, -0.2) is 63.7 Å². The summed E-state index contributed by atoms with van der Waals surface area (Å²) in [5.41, 5.74) is 0.843. The van der Waals surface area contributed by atoms with Crippen LogP contribution in [0.5, 0.6) is 11.5 Å². The number of benzene rings is 1. The molecule has 168 valence electrons. The molecule has 0 bridgehead atoms. The Kier molecular flexibility index (Phi) is 9.63. The fraction of sp³-hybridized carbons (Fsp3) is 0.619. The Hall–Kier alpha value is -2.58. The number of carbonyl (C=O) groups excluding carboxylic acids is 1. The zero-order valence-corrected chi connectivity index (χ0v) is 17.9. The van der Waals surface area contributed by atoms with E-state index >= 15 is 0 Å². The molecule has 0 radical (unpaired) electrons. The van der Waals surface area contributed by atoms with Crippen LogP contribution in [0.1, 0.15) is 31.7 Å². The van der Waals surface area contributed by atoms with Gasteiger partial charge in [-0.1, -0.05) is 6.07 Å². The molecular weight excluding hydrogens is 394 g/mol. The number of likely N-dealkylation sites (tertiary alicyclic amines) is 1. The molecule has 1 aliphatic rings. The van der Waals surface area contributed by atoms with Crippen LogP contribution in [0.2, 0.25) is 0 Å². The van der Waals surface area contributed by atoms with Gasteiger partial charge in [-0.25, -0.2) is 0 Å². The Morgan fingerprint density at radius 1 is 1.30 bits per heavy atom.